The van der Waals surface area contributed by atoms with Crippen LogP contribution < -0.4 is 0 Å². The van der Waals surface area contributed by atoms with E-state index < -0.39 is 60.5 Å². The number of benzene rings is 2. The third kappa shape index (κ3) is 3.79. The van der Waals surface area contributed by atoms with Gasteiger partial charge in [0.1, 0.15) is 28.0 Å². The molecular formula is C21H18F2INO6S. The molecule has 11 heteroatoms. The smallest absolute Gasteiger partial charge is 0.417 e. The minimum Gasteiger partial charge on any atom is -0.446 e. The molecule has 0 bridgehead atoms. The van der Waals surface area contributed by atoms with Crippen LogP contribution in [0, 0.1) is 17.6 Å². The minimum absolute atomic E-state index is 0.0358. The van der Waals surface area contributed by atoms with E-state index >= 15 is 0 Å². The van der Waals surface area contributed by atoms with E-state index in [4.69, 9.17) is 9.47 Å². The number of nitrogens with zero attached hydrogens (tertiary/aromatic N) is 1. The van der Waals surface area contributed by atoms with Crippen LogP contribution >= 0.6 is 22.6 Å². The van der Waals surface area contributed by atoms with Crippen LogP contribution in [0.3, 0.4) is 0 Å². The Labute approximate surface area is 196 Å². The Morgan fingerprint density at radius 2 is 1.88 bits per heavy atom. The summed E-state index contributed by atoms with van der Waals surface area (Å²) in [6.07, 6.45) is -1.25. The number of rotatable bonds is 5. The molecule has 2 aliphatic heterocycles. The fourth-order valence-electron chi connectivity index (χ4n) is 4.08. The van der Waals surface area contributed by atoms with Crippen LogP contribution in [0.1, 0.15) is 23.6 Å². The minimum atomic E-state index is -4.10. The van der Waals surface area contributed by atoms with E-state index in [-0.39, 0.29) is 18.8 Å². The number of carbonyl (C=O) groups is 2. The van der Waals surface area contributed by atoms with Gasteiger partial charge in [-0.3, -0.25) is 4.79 Å². The van der Waals surface area contributed by atoms with Crippen molar-refractivity contribution in [2.45, 2.75) is 17.4 Å². The van der Waals surface area contributed by atoms with Crippen LogP contribution in [-0.4, -0.2) is 42.3 Å². The first kappa shape index (κ1) is 23.1. The van der Waals surface area contributed by atoms with Gasteiger partial charge in [0, 0.05) is 18.1 Å². The zero-order valence-corrected chi connectivity index (χ0v) is 19.5. The van der Waals surface area contributed by atoms with E-state index in [1.165, 1.54) is 0 Å². The Balaban J connectivity index is 1.69. The molecule has 0 spiro atoms. The molecule has 4 rings (SSSR count). The molecule has 2 saturated heterocycles. The average molecular weight is 577 g/mol. The quantitative estimate of drug-likeness (QED) is 0.398. The summed E-state index contributed by atoms with van der Waals surface area (Å²) < 4.78 is 64.3. The van der Waals surface area contributed by atoms with Gasteiger partial charge in [0.2, 0.25) is 5.91 Å². The summed E-state index contributed by atoms with van der Waals surface area (Å²) >= 11 is 1.62. The summed E-state index contributed by atoms with van der Waals surface area (Å²) in [5.74, 6) is -3.68. The summed E-state index contributed by atoms with van der Waals surface area (Å²) in [5.41, 5.74) is 0.316. The lowest BCUT2D eigenvalue weighted by molar-refractivity contribution is -0.133. The van der Waals surface area contributed by atoms with E-state index in [1.54, 1.807) is 52.9 Å². The zero-order valence-electron chi connectivity index (χ0n) is 16.5. The van der Waals surface area contributed by atoms with Gasteiger partial charge in [-0.25, -0.2) is 26.9 Å². The highest BCUT2D eigenvalue weighted by molar-refractivity contribution is 14.1. The molecule has 32 heavy (non-hydrogen) atoms. The standard InChI is InChI=1S/C21H18F2INO6S/c22-15-6-7-16(17(23)8-15)21(32(28,29)12-24)9-14(10-31-21)19(26)25-18(11-30-20(25)27)13-4-2-1-3-5-13/h1-8,14,18H,9-12H2/t14-,18-,21+/m0/s1. The fraction of sp³-hybridized carbons (Fsp3) is 0.333. The van der Waals surface area contributed by atoms with Gasteiger partial charge in [0.05, 0.1) is 12.5 Å². The molecule has 170 valence electrons. The number of imide groups is 1. The number of sulfone groups is 1. The number of cyclic esters (lactones) is 1. The maximum Gasteiger partial charge on any atom is 0.417 e. The molecule has 2 aliphatic rings. The van der Waals surface area contributed by atoms with Crippen LogP contribution in [0.2, 0.25) is 0 Å². The lowest BCUT2D eigenvalue weighted by Crippen LogP contribution is -2.40. The van der Waals surface area contributed by atoms with E-state index in [0.717, 1.165) is 17.0 Å². The first-order chi connectivity index (χ1) is 15.2. The van der Waals surface area contributed by atoms with Crippen molar-refractivity contribution in [3.63, 3.8) is 0 Å². The Morgan fingerprint density at radius 1 is 1.16 bits per heavy atom. The summed E-state index contributed by atoms with van der Waals surface area (Å²) in [4.78, 5) is 24.4. The zero-order chi connectivity index (χ0) is 23.1. The Hall–Kier alpha value is -2.12. The molecular weight excluding hydrogens is 559 g/mol. The number of amides is 2. The molecule has 0 saturated carbocycles. The van der Waals surface area contributed by atoms with Crippen molar-refractivity contribution in [3.05, 3.63) is 71.3 Å². The van der Waals surface area contributed by atoms with Crippen LogP contribution in [0.5, 0.6) is 0 Å². The number of hydrogen-bond donors (Lipinski definition) is 0. The van der Waals surface area contributed by atoms with Gasteiger partial charge in [-0.15, -0.1) is 0 Å². The third-order valence-corrected chi connectivity index (χ3v) is 9.92. The van der Waals surface area contributed by atoms with Crippen molar-refractivity contribution in [2.75, 3.05) is 17.0 Å². The Morgan fingerprint density at radius 3 is 2.53 bits per heavy atom. The Bertz CT molecular complexity index is 1160. The van der Waals surface area contributed by atoms with Crippen molar-refractivity contribution in [1.82, 2.24) is 4.90 Å². The molecule has 2 amide bonds. The highest BCUT2D eigenvalue weighted by Gasteiger charge is 2.56. The fourth-order valence-corrected chi connectivity index (χ4v) is 6.97. The lowest BCUT2D eigenvalue weighted by Gasteiger charge is -2.28. The first-order valence-electron chi connectivity index (χ1n) is 9.62. The molecule has 7 nitrogen and oxygen atoms in total. The molecule has 3 atom stereocenters. The summed E-state index contributed by atoms with van der Waals surface area (Å²) in [7, 11) is -4.10. The van der Waals surface area contributed by atoms with E-state index in [2.05, 4.69) is 0 Å². The predicted molar refractivity (Wildman–Crippen MR) is 117 cm³/mol. The second kappa shape index (κ2) is 8.67. The predicted octanol–water partition coefficient (Wildman–Crippen LogP) is 3.68. The van der Waals surface area contributed by atoms with Gasteiger partial charge in [-0.1, -0.05) is 52.9 Å². The second-order valence-corrected chi connectivity index (χ2v) is 11.5. The number of ether oxygens (including phenoxy) is 2. The van der Waals surface area contributed by atoms with Crippen LogP contribution in [0.4, 0.5) is 13.6 Å². The summed E-state index contributed by atoms with van der Waals surface area (Å²) in [6.45, 7) is -0.386. The molecule has 0 unspecified atom stereocenters. The molecule has 2 fully saturated rings. The van der Waals surface area contributed by atoms with Crippen LogP contribution in [0.15, 0.2) is 48.5 Å². The molecule has 2 aromatic carbocycles. The molecule has 2 heterocycles. The van der Waals surface area contributed by atoms with Gasteiger partial charge in [-0.2, -0.15) is 0 Å². The van der Waals surface area contributed by atoms with Crippen molar-refractivity contribution < 1.29 is 36.3 Å². The number of alkyl halides is 1. The number of halogens is 3. The van der Waals surface area contributed by atoms with E-state index in [1.807, 2.05) is 0 Å². The summed E-state index contributed by atoms with van der Waals surface area (Å²) in [5, 5.41) is 0. The van der Waals surface area contributed by atoms with Gasteiger partial charge in [0.15, 0.2) is 14.8 Å². The number of carbonyl (C=O) groups excluding carboxylic acids is 2. The normalized spacial score (nSPS) is 25.7. The second-order valence-electron chi connectivity index (χ2n) is 7.52. The molecule has 0 aliphatic carbocycles. The van der Waals surface area contributed by atoms with Crippen molar-refractivity contribution in [2.24, 2.45) is 5.92 Å². The molecule has 0 aromatic heterocycles. The first-order valence-corrected chi connectivity index (χ1v) is 12.8. The van der Waals surface area contributed by atoms with Crippen LogP contribution in [-0.2, 0) is 29.0 Å². The van der Waals surface area contributed by atoms with Crippen molar-refractivity contribution >= 4 is 44.4 Å². The van der Waals surface area contributed by atoms with E-state index in [0.29, 0.717) is 11.6 Å². The van der Waals surface area contributed by atoms with Gasteiger partial charge < -0.3 is 9.47 Å². The van der Waals surface area contributed by atoms with Gasteiger partial charge in [0.25, 0.3) is 0 Å². The highest BCUT2D eigenvalue weighted by atomic mass is 127. The van der Waals surface area contributed by atoms with E-state index in [9.17, 15) is 26.8 Å². The maximum atomic E-state index is 14.6. The molecule has 0 radical (unpaired) electrons. The Kier molecular flexibility index (Phi) is 6.25. The largest absolute Gasteiger partial charge is 0.446 e. The van der Waals surface area contributed by atoms with Crippen molar-refractivity contribution in [3.8, 4) is 0 Å². The van der Waals surface area contributed by atoms with Crippen molar-refractivity contribution in [1.29, 1.82) is 0 Å². The lowest BCUT2D eigenvalue weighted by atomic mass is 9.97. The molecule has 2 aromatic rings. The van der Waals surface area contributed by atoms with Gasteiger partial charge >= 0.3 is 6.09 Å². The highest BCUT2D eigenvalue weighted by Crippen LogP contribution is 2.47. The SMILES string of the molecule is O=C1OC[C@@H](c2ccccc2)N1C(=O)[C@@H]1CO[C@@](c2ccc(F)cc2F)(S(=O)(=O)CI)C1. The monoisotopic (exact) mass is 577 g/mol. The molecule has 0 N–H and O–H groups in total. The van der Waals surface area contributed by atoms with Crippen LogP contribution in [0.25, 0.3) is 0 Å². The average Bonchev–Trinajstić information content (AvgIpc) is 3.39. The maximum absolute atomic E-state index is 14.6. The summed E-state index contributed by atoms with van der Waals surface area (Å²) in [6, 6.07) is 10.6. The third-order valence-electron chi connectivity index (χ3n) is 5.66. The topological polar surface area (TPSA) is 90.0 Å². The van der Waals surface area contributed by atoms with Gasteiger partial charge in [-0.05, 0) is 17.7 Å². The number of hydrogen-bond acceptors (Lipinski definition) is 6.